The van der Waals surface area contributed by atoms with E-state index in [-0.39, 0.29) is 4.90 Å². The van der Waals surface area contributed by atoms with Gasteiger partial charge < -0.3 is 5.73 Å². The second-order valence-electron chi connectivity index (χ2n) is 6.41. The van der Waals surface area contributed by atoms with E-state index >= 15 is 0 Å². The molecule has 3 rings (SSSR count). The third-order valence-corrected chi connectivity index (χ3v) is 6.22. The van der Waals surface area contributed by atoms with Crippen LogP contribution in [0.4, 0.5) is 0 Å². The highest BCUT2D eigenvalue weighted by Crippen LogP contribution is 2.26. The maximum atomic E-state index is 12.7. The Morgan fingerprint density at radius 3 is 2.16 bits per heavy atom. The van der Waals surface area contributed by atoms with Crippen molar-refractivity contribution in [3.8, 4) is 11.1 Å². The van der Waals surface area contributed by atoms with Crippen LogP contribution in [0.25, 0.3) is 11.1 Å². The van der Waals surface area contributed by atoms with Gasteiger partial charge in [-0.25, -0.2) is 13.1 Å². The molecule has 5 nitrogen and oxygen atoms in total. The van der Waals surface area contributed by atoms with Crippen LogP contribution >= 0.6 is 0 Å². The number of nitrogens with two attached hydrogens (primary N) is 1. The minimum Gasteiger partial charge on any atom is -0.369 e. The first-order valence-electron chi connectivity index (χ1n) is 8.44. The zero-order valence-corrected chi connectivity index (χ0v) is 14.7. The van der Waals surface area contributed by atoms with Crippen molar-refractivity contribution in [2.75, 3.05) is 0 Å². The van der Waals surface area contributed by atoms with E-state index in [4.69, 9.17) is 5.73 Å². The van der Waals surface area contributed by atoms with Crippen LogP contribution in [0.5, 0.6) is 0 Å². The molecular weight excluding hydrogens is 336 g/mol. The predicted octanol–water partition coefficient (Wildman–Crippen LogP) is 2.68. The molecule has 25 heavy (non-hydrogen) atoms. The van der Waals surface area contributed by atoms with Crippen molar-refractivity contribution in [2.45, 2.75) is 36.6 Å². The minimum atomic E-state index is -3.68. The zero-order chi connectivity index (χ0) is 17.9. The van der Waals surface area contributed by atoms with E-state index in [0.717, 1.165) is 24.0 Å². The van der Waals surface area contributed by atoms with Gasteiger partial charge >= 0.3 is 0 Å². The van der Waals surface area contributed by atoms with Crippen LogP contribution in [-0.4, -0.2) is 20.4 Å². The lowest BCUT2D eigenvalue weighted by Gasteiger charge is -2.29. The number of rotatable bonds is 5. The van der Waals surface area contributed by atoms with Gasteiger partial charge in [-0.15, -0.1) is 0 Å². The smallest absolute Gasteiger partial charge is 0.240 e. The fraction of sp³-hybridized carbons (Fsp3) is 0.316. The van der Waals surface area contributed by atoms with Crippen LogP contribution in [0.2, 0.25) is 0 Å². The number of hydrogen-bond acceptors (Lipinski definition) is 3. The topological polar surface area (TPSA) is 89.3 Å². The number of nitrogens with one attached hydrogen (secondary N) is 1. The molecule has 6 heteroatoms. The summed E-state index contributed by atoms with van der Waals surface area (Å²) in [5, 5.41) is 0. The van der Waals surface area contributed by atoms with Gasteiger partial charge in [-0.05, 0) is 36.1 Å². The van der Waals surface area contributed by atoms with Crippen molar-refractivity contribution in [3.63, 3.8) is 0 Å². The Balaban J connectivity index is 1.79. The van der Waals surface area contributed by atoms with E-state index in [1.165, 1.54) is 0 Å². The van der Waals surface area contributed by atoms with Crippen molar-refractivity contribution in [1.29, 1.82) is 0 Å². The SMILES string of the molecule is NC(=O)[C@@H]1CCCC[C@@H]1NS(=O)(=O)c1ccc(-c2ccccc2)cc1. The van der Waals surface area contributed by atoms with E-state index in [2.05, 4.69) is 4.72 Å². The highest BCUT2D eigenvalue weighted by atomic mass is 32.2. The summed E-state index contributed by atoms with van der Waals surface area (Å²) in [5.74, 6) is -0.876. The lowest BCUT2D eigenvalue weighted by molar-refractivity contribution is -0.123. The summed E-state index contributed by atoms with van der Waals surface area (Å²) in [7, 11) is -3.68. The Hall–Kier alpha value is -2.18. The van der Waals surface area contributed by atoms with E-state index in [9.17, 15) is 13.2 Å². The Morgan fingerprint density at radius 1 is 0.920 bits per heavy atom. The molecule has 0 unspecified atom stereocenters. The standard InChI is InChI=1S/C19H22N2O3S/c20-19(22)17-8-4-5-9-18(17)21-25(23,24)16-12-10-15(11-13-16)14-6-2-1-3-7-14/h1-3,6-7,10-13,17-18,21H,4-5,8-9H2,(H2,20,22)/t17-,18+/m1/s1. The zero-order valence-electron chi connectivity index (χ0n) is 13.9. The Bertz CT molecular complexity index is 833. The van der Waals surface area contributed by atoms with E-state index in [0.29, 0.717) is 12.8 Å². The number of sulfonamides is 1. The molecule has 0 saturated heterocycles. The van der Waals surface area contributed by atoms with Gasteiger partial charge in [0.05, 0.1) is 10.8 Å². The van der Waals surface area contributed by atoms with Gasteiger partial charge in [0.1, 0.15) is 0 Å². The van der Waals surface area contributed by atoms with Crippen LogP contribution in [0.1, 0.15) is 25.7 Å². The van der Waals surface area contributed by atoms with Crippen LogP contribution in [0.3, 0.4) is 0 Å². The summed E-state index contributed by atoms with van der Waals surface area (Å²) in [6.45, 7) is 0. The Kier molecular flexibility index (Phi) is 5.20. The molecule has 2 aromatic rings. The van der Waals surface area contributed by atoms with Crippen LogP contribution in [-0.2, 0) is 14.8 Å². The summed E-state index contributed by atoms with van der Waals surface area (Å²) < 4.78 is 28.0. The minimum absolute atomic E-state index is 0.195. The average molecular weight is 358 g/mol. The molecule has 1 aliphatic carbocycles. The van der Waals surface area contributed by atoms with Gasteiger partial charge in [-0.1, -0.05) is 55.3 Å². The number of benzene rings is 2. The summed E-state index contributed by atoms with van der Waals surface area (Å²) in [4.78, 5) is 11.8. The molecule has 0 radical (unpaired) electrons. The molecule has 1 saturated carbocycles. The summed E-state index contributed by atoms with van der Waals surface area (Å²) in [6, 6.07) is 16.1. The number of carbonyl (C=O) groups is 1. The number of hydrogen-bond donors (Lipinski definition) is 2. The first-order valence-corrected chi connectivity index (χ1v) is 9.93. The van der Waals surface area contributed by atoms with Crippen molar-refractivity contribution in [1.82, 2.24) is 4.72 Å². The lowest BCUT2D eigenvalue weighted by Crippen LogP contribution is -2.46. The second kappa shape index (κ2) is 7.37. The number of amides is 1. The third kappa shape index (κ3) is 4.08. The van der Waals surface area contributed by atoms with Crippen LogP contribution in [0.15, 0.2) is 59.5 Å². The van der Waals surface area contributed by atoms with Crippen molar-refractivity contribution in [3.05, 3.63) is 54.6 Å². The van der Waals surface area contributed by atoms with Crippen LogP contribution < -0.4 is 10.5 Å². The molecule has 3 N–H and O–H groups in total. The van der Waals surface area contributed by atoms with Crippen molar-refractivity contribution >= 4 is 15.9 Å². The number of carbonyl (C=O) groups excluding carboxylic acids is 1. The van der Waals surface area contributed by atoms with Crippen LogP contribution in [0, 0.1) is 5.92 Å². The highest BCUT2D eigenvalue weighted by molar-refractivity contribution is 7.89. The fourth-order valence-electron chi connectivity index (χ4n) is 3.34. The van der Waals surface area contributed by atoms with Crippen molar-refractivity contribution in [2.24, 2.45) is 11.7 Å². The first-order chi connectivity index (χ1) is 12.0. The molecule has 2 aromatic carbocycles. The number of primary amides is 1. The molecule has 1 aliphatic rings. The lowest BCUT2D eigenvalue weighted by atomic mass is 9.85. The molecule has 0 bridgehead atoms. The summed E-state index contributed by atoms with van der Waals surface area (Å²) >= 11 is 0. The summed E-state index contributed by atoms with van der Waals surface area (Å²) in [6.07, 6.45) is 3.06. The third-order valence-electron chi connectivity index (χ3n) is 4.71. The molecule has 0 spiro atoms. The normalized spacial score (nSPS) is 21.0. The van der Waals surface area contributed by atoms with Gasteiger partial charge in [-0.3, -0.25) is 4.79 Å². The summed E-state index contributed by atoms with van der Waals surface area (Å²) in [5.41, 5.74) is 7.40. The van der Waals surface area contributed by atoms with E-state index in [1.807, 2.05) is 30.3 Å². The van der Waals surface area contributed by atoms with Gasteiger partial charge in [0, 0.05) is 6.04 Å². The van der Waals surface area contributed by atoms with Gasteiger partial charge in [0.25, 0.3) is 0 Å². The molecule has 1 fully saturated rings. The first kappa shape index (κ1) is 17.6. The molecule has 2 atom stereocenters. The second-order valence-corrected chi connectivity index (χ2v) is 8.13. The van der Waals surface area contributed by atoms with Gasteiger partial charge in [0.15, 0.2) is 0 Å². The Morgan fingerprint density at radius 2 is 1.52 bits per heavy atom. The van der Waals surface area contributed by atoms with E-state index < -0.39 is 27.9 Å². The molecule has 1 amide bonds. The fourth-order valence-corrected chi connectivity index (χ4v) is 4.65. The van der Waals surface area contributed by atoms with Crippen molar-refractivity contribution < 1.29 is 13.2 Å². The average Bonchev–Trinajstić information content (AvgIpc) is 2.62. The predicted molar refractivity (Wildman–Crippen MR) is 97.1 cm³/mol. The quantitative estimate of drug-likeness (QED) is 0.861. The van der Waals surface area contributed by atoms with Gasteiger partial charge in [0.2, 0.25) is 15.9 Å². The van der Waals surface area contributed by atoms with E-state index in [1.54, 1.807) is 24.3 Å². The monoisotopic (exact) mass is 358 g/mol. The highest BCUT2D eigenvalue weighted by Gasteiger charge is 2.32. The molecule has 132 valence electrons. The molecule has 0 aliphatic heterocycles. The Labute approximate surface area is 148 Å². The molecular formula is C19H22N2O3S. The maximum Gasteiger partial charge on any atom is 0.240 e. The molecule has 0 heterocycles. The molecule has 0 aromatic heterocycles. The largest absolute Gasteiger partial charge is 0.369 e. The maximum absolute atomic E-state index is 12.7. The van der Waals surface area contributed by atoms with Gasteiger partial charge in [-0.2, -0.15) is 0 Å².